The van der Waals surface area contributed by atoms with Crippen LogP contribution in [0.1, 0.15) is 41.8 Å². The van der Waals surface area contributed by atoms with Crippen molar-refractivity contribution in [3.8, 4) is 16.9 Å². The maximum atomic E-state index is 12.9. The minimum Gasteiger partial charge on any atom is -0.481 e. The number of aromatic nitrogens is 4. The van der Waals surface area contributed by atoms with Gasteiger partial charge in [0.2, 0.25) is 5.95 Å². The maximum absolute atomic E-state index is 12.9. The number of aryl methyl sites for hydroxylation is 2. The van der Waals surface area contributed by atoms with Crippen molar-refractivity contribution in [2.24, 2.45) is 5.92 Å². The lowest BCUT2D eigenvalue weighted by atomic mass is 10.1. The zero-order valence-electron chi connectivity index (χ0n) is 20.5. The Morgan fingerprint density at radius 2 is 1.97 bits per heavy atom. The van der Waals surface area contributed by atoms with E-state index >= 15 is 0 Å². The first-order valence-electron chi connectivity index (χ1n) is 12.1. The van der Waals surface area contributed by atoms with Gasteiger partial charge in [0.15, 0.2) is 0 Å². The van der Waals surface area contributed by atoms with Gasteiger partial charge in [-0.2, -0.15) is 8.78 Å². The van der Waals surface area contributed by atoms with Crippen LogP contribution in [-0.2, 0) is 11.2 Å². The average Bonchev–Trinajstić information content (AvgIpc) is 3.44. The highest BCUT2D eigenvalue weighted by Gasteiger charge is 2.30. The van der Waals surface area contributed by atoms with Crippen LogP contribution in [0.3, 0.4) is 0 Å². The van der Waals surface area contributed by atoms with Gasteiger partial charge >= 0.3 is 12.6 Å². The number of hydrogen-bond acceptors (Lipinski definition) is 6. The zero-order valence-corrected chi connectivity index (χ0v) is 20.5. The van der Waals surface area contributed by atoms with E-state index in [1.165, 1.54) is 6.07 Å². The van der Waals surface area contributed by atoms with Crippen molar-refractivity contribution in [3.05, 3.63) is 71.4 Å². The van der Waals surface area contributed by atoms with Crippen LogP contribution in [0.25, 0.3) is 16.8 Å². The summed E-state index contributed by atoms with van der Waals surface area (Å²) < 4.78 is 32.5. The molecular weight excluding hydrogens is 480 g/mol. The number of alkyl halides is 2. The van der Waals surface area contributed by atoms with Crippen LogP contribution in [-0.4, -0.2) is 43.1 Å². The molecule has 0 bridgehead atoms. The first-order valence-corrected chi connectivity index (χ1v) is 12.1. The molecule has 192 valence electrons. The fourth-order valence-electron chi connectivity index (χ4n) is 4.97. The second kappa shape index (κ2) is 10.1. The number of para-hydroxylation sites is 1. The normalized spacial score (nSPS) is 17.4. The number of nitrogens with zero attached hydrogens (tertiary/aromatic N) is 4. The van der Waals surface area contributed by atoms with E-state index in [1.54, 1.807) is 30.6 Å². The summed E-state index contributed by atoms with van der Waals surface area (Å²) in [4.78, 5) is 24.8. The lowest BCUT2D eigenvalue weighted by Crippen LogP contribution is -2.19. The average molecular weight is 508 g/mol. The minimum absolute atomic E-state index is 0.0402. The SMILES string of the molecule is Cc1cc2nc(C)c(Cc3ccccc3OC(F)F)n2cc1-c1cnc(N[C@@H]2CC[C@H](C(=O)O)C2)nc1. The van der Waals surface area contributed by atoms with Gasteiger partial charge in [0.05, 0.1) is 11.6 Å². The minimum atomic E-state index is -2.90. The quantitative estimate of drug-likeness (QED) is 0.335. The summed E-state index contributed by atoms with van der Waals surface area (Å²) in [5.41, 5.74) is 5.81. The van der Waals surface area contributed by atoms with Gasteiger partial charge in [-0.25, -0.2) is 15.0 Å². The van der Waals surface area contributed by atoms with Gasteiger partial charge < -0.3 is 19.6 Å². The number of carbonyl (C=O) groups is 1. The second-order valence-corrected chi connectivity index (χ2v) is 9.39. The van der Waals surface area contributed by atoms with Crippen molar-refractivity contribution in [3.63, 3.8) is 0 Å². The fraction of sp³-hybridized carbons (Fsp3) is 0.333. The van der Waals surface area contributed by atoms with Gasteiger partial charge in [-0.3, -0.25) is 4.79 Å². The van der Waals surface area contributed by atoms with Crippen molar-refractivity contribution in [2.75, 3.05) is 5.32 Å². The van der Waals surface area contributed by atoms with E-state index in [1.807, 2.05) is 30.5 Å². The van der Waals surface area contributed by atoms with Gasteiger partial charge in [-0.1, -0.05) is 18.2 Å². The maximum Gasteiger partial charge on any atom is 0.387 e. The summed E-state index contributed by atoms with van der Waals surface area (Å²) in [7, 11) is 0. The summed E-state index contributed by atoms with van der Waals surface area (Å²) >= 11 is 0. The molecule has 4 aromatic rings. The molecule has 1 aliphatic carbocycles. The number of nitrogens with one attached hydrogen (secondary N) is 1. The Bertz CT molecular complexity index is 1440. The first-order chi connectivity index (χ1) is 17.8. The van der Waals surface area contributed by atoms with Crippen LogP contribution in [0.4, 0.5) is 14.7 Å². The van der Waals surface area contributed by atoms with E-state index in [0.717, 1.165) is 40.1 Å². The second-order valence-electron chi connectivity index (χ2n) is 9.39. The molecule has 1 aromatic carbocycles. The van der Waals surface area contributed by atoms with Crippen LogP contribution in [0.15, 0.2) is 48.9 Å². The molecule has 8 nitrogen and oxygen atoms in total. The van der Waals surface area contributed by atoms with Crippen LogP contribution in [0.2, 0.25) is 0 Å². The number of ether oxygens (including phenoxy) is 1. The molecule has 5 rings (SSSR count). The lowest BCUT2D eigenvalue weighted by molar-refractivity contribution is -0.141. The van der Waals surface area contributed by atoms with E-state index in [2.05, 4.69) is 20.3 Å². The Morgan fingerprint density at radius 3 is 2.68 bits per heavy atom. The number of aliphatic carboxylic acids is 1. The molecule has 0 unspecified atom stereocenters. The Hall–Kier alpha value is -4.08. The Morgan fingerprint density at radius 1 is 1.22 bits per heavy atom. The summed E-state index contributed by atoms with van der Waals surface area (Å²) in [5, 5.41) is 12.5. The molecular formula is C27H27F2N5O3. The highest BCUT2D eigenvalue weighted by Crippen LogP contribution is 2.30. The number of pyridine rings is 1. The van der Waals surface area contributed by atoms with Gasteiger partial charge in [-0.15, -0.1) is 0 Å². The van der Waals surface area contributed by atoms with E-state index in [9.17, 15) is 18.7 Å². The third-order valence-electron chi connectivity index (χ3n) is 6.89. The molecule has 2 N–H and O–H groups in total. The number of carboxylic acid groups (broad SMARTS) is 1. The van der Waals surface area contributed by atoms with Crippen molar-refractivity contribution < 1.29 is 23.4 Å². The Labute approximate surface area is 212 Å². The number of benzene rings is 1. The predicted molar refractivity (Wildman–Crippen MR) is 134 cm³/mol. The third kappa shape index (κ3) is 5.23. The van der Waals surface area contributed by atoms with Crippen LogP contribution >= 0.6 is 0 Å². The van der Waals surface area contributed by atoms with Crippen molar-refractivity contribution in [1.29, 1.82) is 0 Å². The highest BCUT2D eigenvalue weighted by molar-refractivity contribution is 5.70. The van der Waals surface area contributed by atoms with Gasteiger partial charge in [-0.05, 0) is 50.8 Å². The number of carboxylic acids is 1. The molecule has 1 saturated carbocycles. The van der Waals surface area contributed by atoms with E-state index < -0.39 is 12.6 Å². The molecule has 1 aliphatic rings. The largest absolute Gasteiger partial charge is 0.481 e. The molecule has 0 radical (unpaired) electrons. The van der Waals surface area contributed by atoms with E-state index in [-0.39, 0.29) is 17.7 Å². The lowest BCUT2D eigenvalue weighted by Gasteiger charge is -2.14. The van der Waals surface area contributed by atoms with Crippen molar-refractivity contribution in [2.45, 2.75) is 52.2 Å². The first kappa shape index (κ1) is 24.6. The Balaban J connectivity index is 1.41. The molecule has 3 aromatic heterocycles. The molecule has 37 heavy (non-hydrogen) atoms. The number of imidazole rings is 1. The summed E-state index contributed by atoms with van der Waals surface area (Å²) in [6, 6.07) is 8.79. The fourth-order valence-corrected chi connectivity index (χ4v) is 4.97. The van der Waals surface area contributed by atoms with Gasteiger partial charge in [0.1, 0.15) is 11.4 Å². The Kier molecular flexibility index (Phi) is 6.73. The van der Waals surface area contributed by atoms with Crippen molar-refractivity contribution in [1.82, 2.24) is 19.4 Å². The van der Waals surface area contributed by atoms with Crippen LogP contribution in [0, 0.1) is 19.8 Å². The van der Waals surface area contributed by atoms with Gasteiger partial charge in [0, 0.05) is 53.4 Å². The number of anilines is 1. The molecule has 2 atom stereocenters. The molecule has 0 aliphatic heterocycles. The molecule has 0 spiro atoms. The highest BCUT2D eigenvalue weighted by atomic mass is 19.3. The topological polar surface area (TPSA) is 102 Å². The van der Waals surface area contributed by atoms with Crippen LogP contribution in [0.5, 0.6) is 5.75 Å². The summed E-state index contributed by atoms with van der Waals surface area (Å²) in [5.74, 6) is -0.473. The smallest absolute Gasteiger partial charge is 0.387 e. The molecule has 0 amide bonds. The number of fused-ring (bicyclic) bond motifs is 1. The van der Waals surface area contributed by atoms with Crippen LogP contribution < -0.4 is 10.1 Å². The van der Waals surface area contributed by atoms with E-state index in [4.69, 9.17) is 4.74 Å². The molecule has 0 saturated heterocycles. The molecule has 10 heteroatoms. The summed E-state index contributed by atoms with van der Waals surface area (Å²) in [6.45, 7) is 0.986. The summed E-state index contributed by atoms with van der Waals surface area (Å²) in [6.07, 6.45) is 7.80. The van der Waals surface area contributed by atoms with E-state index in [0.29, 0.717) is 30.8 Å². The zero-order chi connectivity index (χ0) is 26.1. The molecule has 1 fully saturated rings. The molecule has 3 heterocycles. The van der Waals surface area contributed by atoms with Gasteiger partial charge in [0.25, 0.3) is 0 Å². The number of rotatable bonds is 8. The van der Waals surface area contributed by atoms with Crippen molar-refractivity contribution >= 4 is 17.6 Å². The third-order valence-corrected chi connectivity index (χ3v) is 6.89. The monoisotopic (exact) mass is 507 g/mol. The standard InChI is InChI=1S/C27H27F2N5O3/c1-15-9-24-32-16(2)22(11-17-5-3-4-6-23(17)37-26(28)29)34(24)14-21(15)19-12-30-27(31-13-19)33-20-8-7-18(10-20)25(35)36/h3-6,9,12-14,18,20,26H,7-8,10-11H2,1-2H3,(H,35,36)(H,30,31,33)/t18-,20+/m0/s1. The number of hydrogen-bond donors (Lipinski definition) is 2. The number of halogens is 2. The predicted octanol–water partition coefficient (Wildman–Crippen LogP) is 5.27.